The van der Waals surface area contributed by atoms with Crippen LogP contribution in [0.2, 0.25) is 0 Å². The largest absolute Gasteiger partial charge is 0.495 e. The van der Waals surface area contributed by atoms with E-state index in [1.54, 1.807) is 26.4 Å². The summed E-state index contributed by atoms with van der Waals surface area (Å²) in [5.41, 5.74) is 3.45. The highest BCUT2D eigenvalue weighted by Gasteiger charge is 2.19. The Morgan fingerprint density at radius 1 is 0.870 bits per heavy atom. The van der Waals surface area contributed by atoms with Crippen molar-refractivity contribution in [3.8, 4) is 5.75 Å². The minimum absolute atomic E-state index is 0.0150. The van der Waals surface area contributed by atoms with Gasteiger partial charge in [0.2, 0.25) is 0 Å². The summed E-state index contributed by atoms with van der Waals surface area (Å²) in [7, 11) is 7.61. The lowest BCUT2D eigenvalue weighted by Crippen LogP contribution is -2.47. The Labute approximate surface area is 273 Å². The number of aromatic nitrogens is 1. The average molecular weight is 631 g/mol. The second-order valence-electron chi connectivity index (χ2n) is 11.7. The topological polar surface area (TPSA) is 87.5 Å². The van der Waals surface area contributed by atoms with Crippen LogP contribution in [0.1, 0.15) is 42.6 Å². The van der Waals surface area contributed by atoms with Gasteiger partial charge < -0.3 is 28.9 Å². The number of rotatable bonds is 11. The number of aliphatic carboxylic acids is 1. The molecule has 0 bridgehead atoms. The molecule has 9 nitrogen and oxygen atoms in total. The molecule has 4 aromatic rings. The highest BCUT2D eigenvalue weighted by molar-refractivity contribution is 6.16. The lowest BCUT2D eigenvalue weighted by atomic mass is 10.0. The van der Waals surface area contributed by atoms with E-state index in [1.807, 2.05) is 65.4 Å². The molecule has 248 valence electrons. The third kappa shape index (κ3) is 10.7. The van der Waals surface area contributed by atoms with E-state index in [0.717, 1.165) is 49.6 Å². The molecule has 0 unspecified atom stereocenters. The fourth-order valence-corrected chi connectivity index (χ4v) is 4.95. The fraction of sp³-hybridized carbons (Fsp3) is 0.405. The molecule has 1 aliphatic rings. The summed E-state index contributed by atoms with van der Waals surface area (Å²) in [4.78, 5) is 30.3. The summed E-state index contributed by atoms with van der Waals surface area (Å²) < 4.78 is 12.5. The molecule has 5 rings (SSSR count). The number of methoxy groups -OCH3 is 2. The number of para-hydroxylation sites is 3. The van der Waals surface area contributed by atoms with Crippen LogP contribution in [0.4, 0.5) is 5.69 Å². The van der Waals surface area contributed by atoms with Crippen LogP contribution in [-0.2, 0) is 16.1 Å². The van der Waals surface area contributed by atoms with Crippen LogP contribution in [0.25, 0.3) is 10.9 Å². The Bertz CT molecular complexity index is 1490. The molecule has 0 aliphatic carbocycles. The van der Waals surface area contributed by atoms with E-state index < -0.39 is 5.97 Å². The van der Waals surface area contributed by atoms with Crippen molar-refractivity contribution >= 4 is 28.3 Å². The lowest BCUT2D eigenvalue weighted by Gasteiger charge is -2.36. The number of hydrogen-bond donors (Lipinski definition) is 1. The minimum Gasteiger partial charge on any atom is -0.495 e. The van der Waals surface area contributed by atoms with Gasteiger partial charge in [-0.1, -0.05) is 60.7 Å². The molecule has 0 atom stereocenters. The van der Waals surface area contributed by atoms with E-state index >= 15 is 0 Å². The quantitative estimate of drug-likeness (QED) is 0.199. The molecule has 1 fully saturated rings. The van der Waals surface area contributed by atoms with E-state index in [0.29, 0.717) is 30.1 Å². The summed E-state index contributed by atoms with van der Waals surface area (Å²) in [6.07, 6.45) is 2.49. The van der Waals surface area contributed by atoms with Crippen molar-refractivity contribution < 1.29 is 24.2 Å². The third-order valence-corrected chi connectivity index (χ3v) is 8.00. The first kappa shape index (κ1) is 36.3. The molecule has 46 heavy (non-hydrogen) atoms. The first-order valence-corrected chi connectivity index (χ1v) is 15.8. The van der Waals surface area contributed by atoms with Crippen LogP contribution in [0.3, 0.4) is 0 Å². The monoisotopic (exact) mass is 630 g/mol. The standard InChI is InChI=1S/C19H17NO3.C13H20N2O2.C5H13N/c21-18(22)11-6-12-20-13-16(15-9-4-5-10-17(15)20)19(23)14-7-2-1-3-8-14;1-16-11-14-7-9-15(10-8-14)12-5-3-4-6-13(12)17-2;1-5(2)6(3)4/h1-5,7-10,13H,6,11-12H2,(H,21,22);3-6H,7-11H2,1-2H3;5H,1-4H3. The molecule has 9 heteroatoms. The van der Waals surface area contributed by atoms with Crippen molar-refractivity contribution in [3.63, 3.8) is 0 Å². The van der Waals surface area contributed by atoms with Gasteiger partial charge in [-0.2, -0.15) is 0 Å². The van der Waals surface area contributed by atoms with Crippen molar-refractivity contribution in [1.29, 1.82) is 0 Å². The van der Waals surface area contributed by atoms with Crippen molar-refractivity contribution in [2.75, 3.05) is 66.1 Å². The number of hydrogen-bond acceptors (Lipinski definition) is 7. The summed E-state index contributed by atoms with van der Waals surface area (Å²) in [6, 6.07) is 25.8. The fourth-order valence-electron chi connectivity index (χ4n) is 4.95. The number of carbonyl (C=O) groups excluding carboxylic acids is 1. The van der Waals surface area contributed by atoms with Gasteiger partial charge in [-0.15, -0.1) is 0 Å². The molecule has 0 spiro atoms. The highest BCUT2D eigenvalue weighted by Crippen LogP contribution is 2.28. The highest BCUT2D eigenvalue weighted by atomic mass is 16.5. The molecule has 1 saturated heterocycles. The molecular weight excluding hydrogens is 580 g/mol. The number of ether oxygens (including phenoxy) is 2. The number of benzene rings is 3. The summed E-state index contributed by atoms with van der Waals surface area (Å²) in [6.45, 7) is 9.74. The Balaban J connectivity index is 0.000000220. The van der Waals surface area contributed by atoms with Gasteiger partial charge in [-0.25, -0.2) is 0 Å². The molecule has 1 N–H and O–H groups in total. The van der Waals surface area contributed by atoms with E-state index in [2.05, 4.69) is 54.8 Å². The Morgan fingerprint density at radius 2 is 1.48 bits per heavy atom. The van der Waals surface area contributed by atoms with Crippen molar-refractivity contribution in [2.45, 2.75) is 39.3 Å². The van der Waals surface area contributed by atoms with Gasteiger partial charge in [0.15, 0.2) is 5.78 Å². The van der Waals surface area contributed by atoms with Gasteiger partial charge in [0.05, 0.1) is 19.5 Å². The second kappa shape index (κ2) is 18.7. The first-order chi connectivity index (χ1) is 22.2. The number of fused-ring (bicyclic) bond motifs is 1. The maximum atomic E-state index is 12.7. The normalized spacial score (nSPS) is 13.2. The summed E-state index contributed by atoms with van der Waals surface area (Å²) >= 11 is 0. The molecular formula is C37H50N4O5. The predicted molar refractivity (Wildman–Crippen MR) is 186 cm³/mol. The van der Waals surface area contributed by atoms with Gasteiger partial charge in [0.1, 0.15) is 5.75 Å². The zero-order valence-electron chi connectivity index (χ0n) is 28.2. The Hall–Kier alpha value is -4.18. The van der Waals surface area contributed by atoms with Crippen LogP contribution >= 0.6 is 0 Å². The van der Waals surface area contributed by atoms with Gasteiger partial charge in [0, 0.05) is 80.5 Å². The average Bonchev–Trinajstić information content (AvgIpc) is 3.44. The molecule has 3 aromatic carbocycles. The Morgan fingerprint density at radius 3 is 2.09 bits per heavy atom. The molecule has 2 heterocycles. The molecule has 0 amide bonds. The number of carboxylic acids is 1. The predicted octanol–water partition coefficient (Wildman–Crippen LogP) is 6.11. The smallest absolute Gasteiger partial charge is 0.303 e. The molecule has 0 radical (unpaired) electrons. The van der Waals surface area contributed by atoms with E-state index in [9.17, 15) is 9.59 Å². The van der Waals surface area contributed by atoms with Crippen molar-refractivity contribution in [3.05, 3.63) is 96.2 Å². The molecule has 1 aromatic heterocycles. The Kier molecular flexibility index (Phi) is 14.8. The third-order valence-electron chi connectivity index (χ3n) is 8.00. The minimum atomic E-state index is -0.804. The van der Waals surface area contributed by atoms with Gasteiger partial charge in [-0.3, -0.25) is 14.5 Å². The number of carboxylic acid groups (broad SMARTS) is 1. The maximum absolute atomic E-state index is 12.7. The van der Waals surface area contributed by atoms with E-state index in [-0.39, 0.29) is 12.2 Å². The zero-order chi connectivity index (χ0) is 33.5. The SMILES string of the molecule is CC(C)N(C)C.COCN1CCN(c2ccccc2OC)CC1.O=C(O)CCCn1cc(C(=O)c2ccccc2)c2ccccc21. The van der Waals surface area contributed by atoms with Crippen LogP contribution in [-0.4, -0.2) is 98.5 Å². The van der Waals surface area contributed by atoms with Crippen LogP contribution in [0, 0.1) is 0 Å². The van der Waals surface area contributed by atoms with Gasteiger partial charge in [0.25, 0.3) is 0 Å². The van der Waals surface area contributed by atoms with Crippen molar-refractivity contribution in [1.82, 2.24) is 14.4 Å². The van der Waals surface area contributed by atoms with Crippen molar-refractivity contribution in [2.24, 2.45) is 0 Å². The number of ketones is 1. The number of nitrogens with zero attached hydrogens (tertiary/aromatic N) is 4. The molecule has 0 saturated carbocycles. The van der Waals surface area contributed by atoms with E-state index in [1.165, 1.54) is 5.69 Å². The number of carbonyl (C=O) groups is 2. The summed E-state index contributed by atoms with van der Waals surface area (Å²) in [5.74, 6) is 0.133. The van der Waals surface area contributed by atoms with Crippen LogP contribution < -0.4 is 9.64 Å². The van der Waals surface area contributed by atoms with E-state index in [4.69, 9.17) is 14.6 Å². The van der Waals surface area contributed by atoms with Crippen LogP contribution in [0.5, 0.6) is 5.75 Å². The molecule has 1 aliphatic heterocycles. The number of piperazine rings is 1. The number of anilines is 1. The second-order valence-corrected chi connectivity index (χ2v) is 11.7. The number of aryl methyl sites for hydroxylation is 1. The summed E-state index contributed by atoms with van der Waals surface area (Å²) in [5, 5.41) is 9.68. The zero-order valence-corrected chi connectivity index (χ0v) is 28.2. The maximum Gasteiger partial charge on any atom is 0.303 e. The lowest BCUT2D eigenvalue weighted by molar-refractivity contribution is -0.137. The van der Waals surface area contributed by atoms with Crippen LogP contribution in [0.15, 0.2) is 85.1 Å². The first-order valence-electron chi connectivity index (χ1n) is 15.8. The van der Waals surface area contributed by atoms with Gasteiger partial charge in [-0.05, 0) is 52.6 Å². The van der Waals surface area contributed by atoms with Gasteiger partial charge >= 0.3 is 5.97 Å².